The molecule has 1 fully saturated rings. The van der Waals surface area contributed by atoms with Gasteiger partial charge in [0.05, 0.1) is 6.54 Å². The summed E-state index contributed by atoms with van der Waals surface area (Å²) < 4.78 is 0. The van der Waals surface area contributed by atoms with Crippen LogP contribution in [0.5, 0.6) is 0 Å². The first-order chi connectivity index (χ1) is 9.54. The lowest BCUT2D eigenvalue weighted by Crippen LogP contribution is -2.45. The molecule has 0 radical (unpaired) electrons. The average molecular weight is 316 g/mol. The number of carbonyl (C=O) groups is 1. The van der Waals surface area contributed by atoms with E-state index in [1.807, 2.05) is 12.1 Å². The smallest absolute Gasteiger partial charge is 0.231 e. The Kier molecular flexibility index (Phi) is 5.66. The molecule has 1 aliphatic rings. The third kappa shape index (κ3) is 4.63. The van der Waals surface area contributed by atoms with Gasteiger partial charge in [0.25, 0.3) is 0 Å². The zero-order chi connectivity index (χ0) is 14.5. The fourth-order valence-corrected chi connectivity index (χ4v) is 2.91. The molecule has 110 valence electrons. The molecule has 6 heteroatoms. The number of nitrogens with two attached hydrogens (primary N) is 1. The first kappa shape index (κ1) is 15.6. The molecule has 0 saturated carbocycles. The minimum absolute atomic E-state index is 0.260. The second-order valence-electron chi connectivity index (χ2n) is 5.13. The van der Waals surface area contributed by atoms with Gasteiger partial charge in [-0.3, -0.25) is 9.69 Å². The Labute approximate surface area is 129 Å². The van der Waals surface area contributed by atoms with Gasteiger partial charge in [-0.25, -0.2) is 0 Å². The molecular weight excluding hydrogens is 297 g/mol. The number of rotatable bonds is 5. The molecule has 0 bridgehead atoms. The monoisotopic (exact) mass is 315 g/mol. The van der Waals surface area contributed by atoms with E-state index in [2.05, 4.69) is 10.2 Å². The number of hydrogen-bond acceptors (Lipinski definition) is 3. The molecule has 1 amide bonds. The number of amides is 1. The summed E-state index contributed by atoms with van der Waals surface area (Å²) in [4.78, 5) is 13.0. The van der Waals surface area contributed by atoms with E-state index in [9.17, 15) is 4.79 Å². The van der Waals surface area contributed by atoms with Crippen molar-refractivity contribution in [3.05, 3.63) is 33.8 Å². The Balaban J connectivity index is 1.77. The molecule has 1 aromatic carbocycles. The Morgan fingerprint density at radius 2 is 2.05 bits per heavy atom. The summed E-state index contributed by atoms with van der Waals surface area (Å²) in [6, 6.07) is 6.00. The van der Waals surface area contributed by atoms with Gasteiger partial charge in [0.1, 0.15) is 0 Å². The van der Waals surface area contributed by atoms with Crippen molar-refractivity contribution in [3.8, 4) is 0 Å². The normalized spacial score (nSPS) is 17.3. The molecule has 1 aliphatic heterocycles. The van der Waals surface area contributed by atoms with Crippen LogP contribution >= 0.6 is 23.2 Å². The van der Waals surface area contributed by atoms with Gasteiger partial charge in [-0.2, -0.15) is 0 Å². The van der Waals surface area contributed by atoms with Crippen LogP contribution in [0, 0.1) is 0 Å². The molecular formula is C14H19Cl2N3O. The standard InChI is InChI=1S/C14H19Cl2N3O/c15-11-2-1-10(13(16)7-11)8-18-12-3-5-19(6-4-12)9-14(17)20/h1-2,7,12,18H,3-6,8-9H2,(H2,17,20). The van der Waals surface area contributed by atoms with E-state index in [1.165, 1.54) is 0 Å². The zero-order valence-electron chi connectivity index (χ0n) is 11.2. The van der Waals surface area contributed by atoms with Crippen molar-refractivity contribution in [1.82, 2.24) is 10.2 Å². The predicted octanol–water partition coefficient (Wildman–Crippen LogP) is 2.03. The number of carbonyl (C=O) groups excluding carboxylic acids is 1. The van der Waals surface area contributed by atoms with Gasteiger partial charge < -0.3 is 11.1 Å². The number of primary amides is 1. The number of halogens is 2. The summed E-state index contributed by atoms with van der Waals surface area (Å²) in [5.41, 5.74) is 6.25. The molecule has 1 heterocycles. The highest BCUT2D eigenvalue weighted by atomic mass is 35.5. The molecule has 3 N–H and O–H groups in total. The van der Waals surface area contributed by atoms with Crippen LogP contribution in [-0.2, 0) is 11.3 Å². The summed E-state index contributed by atoms with van der Waals surface area (Å²) in [5.74, 6) is -0.260. The Bertz CT molecular complexity index is 473. The second-order valence-corrected chi connectivity index (χ2v) is 5.98. The Morgan fingerprint density at radius 1 is 1.35 bits per heavy atom. The van der Waals surface area contributed by atoms with E-state index < -0.39 is 0 Å². The molecule has 0 aliphatic carbocycles. The quantitative estimate of drug-likeness (QED) is 0.874. The fourth-order valence-electron chi connectivity index (χ4n) is 2.43. The number of nitrogens with zero attached hydrogens (tertiary/aromatic N) is 1. The fraction of sp³-hybridized carbons (Fsp3) is 0.500. The van der Waals surface area contributed by atoms with Crippen molar-refractivity contribution in [3.63, 3.8) is 0 Å². The highest BCUT2D eigenvalue weighted by Gasteiger charge is 2.19. The van der Waals surface area contributed by atoms with Crippen molar-refractivity contribution >= 4 is 29.1 Å². The number of benzene rings is 1. The predicted molar refractivity (Wildman–Crippen MR) is 82.0 cm³/mol. The Morgan fingerprint density at radius 3 is 2.65 bits per heavy atom. The van der Waals surface area contributed by atoms with E-state index in [0.717, 1.165) is 38.0 Å². The number of piperidine rings is 1. The van der Waals surface area contributed by atoms with Crippen LogP contribution in [0.3, 0.4) is 0 Å². The third-order valence-corrected chi connectivity index (χ3v) is 4.15. The highest BCUT2D eigenvalue weighted by molar-refractivity contribution is 6.35. The SMILES string of the molecule is NC(=O)CN1CCC(NCc2ccc(Cl)cc2Cl)CC1. The van der Waals surface area contributed by atoms with Crippen molar-refractivity contribution in [1.29, 1.82) is 0 Å². The summed E-state index contributed by atoms with van der Waals surface area (Å²) in [6.07, 6.45) is 2.02. The molecule has 0 spiro atoms. The Hall–Kier alpha value is -0.810. The molecule has 1 saturated heterocycles. The molecule has 20 heavy (non-hydrogen) atoms. The van der Waals surface area contributed by atoms with Crippen LogP contribution in [0.2, 0.25) is 10.0 Å². The third-order valence-electron chi connectivity index (χ3n) is 3.56. The van der Waals surface area contributed by atoms with Crippen molar-refractivity contribution in [2.75, 3.05) is 19.6 Å². The minimum atomic E-state index is -0.260. The maximum Gasteiger partial charge on any atom is 0.231 e. The van der Waals surface area contributed by atoms with Gasteiger partial charge in [0.2, 0.25) is 5.91 Å². The van der Waals surface area contributed by atoms with E-state index in [1.54, 1.807) is 6.07 Å². The molecule has 4 nitrogen and oxygen atoms in total. The van der Waals surface area contributed by atoms with Crippen molar-refractivity contribution in [2.24, 2.45) is 5.73 Å². The van der Waals surface area contributed by atoms with E-state index >= 15 is 0 Å². The van der Waals surface area contributed by atoms with Crippen LogP contribution in [0.1, 0.15) is 18.4 Å². The zero-order valence-corrected chi connectivity index (χ0v) is 12.8. The molecule has 0 aromatic heterocycles. The number of hydrogen-bond donors (Lipinski definition) is 2. The molecule has 0 atom stereocenters. The lowest BCUT2D eigenvalue weighted by atomic mass is 10.0. The topological polar surface area (TPSA) is 58.4 Å². The van der Waals surface area contributed by atoms with Crippen LogP contribution in [0.15, 0.2) is 18.2 Å². The number of nitrogens with one attached hydrogen (secondary N) is 1. The average Bonchev–Trinajstić information content (AvgIpc) is 2.39. The van der Waals surface area contributed by atoms with Gasteiger partial charge >= 0.3 is 0 Å². The first-order valence-corrected chi connectivity index (χ1v) is 7.48. The summed E-state index contributed by atoms with van der Waals surface area (Å²) in [6.45, 7) is 2.89. The lowest BCUT2D eigenvalue weighted by Gasteiger charge is -2.31. The van der Waals surface area contributed by atoms with Crippen LogP contribution in [0.4, 0.5) is 0 Å². The summed E-state index contributed by atoms with van der Waals surface area (Å²) in [5, 5.41) is 4.84. The summed E-state index contributed by atoms with van der Waals surface area (Å²) >= 11 is 12.0. The maximum absolute atomic E-state index is 10.9. The van der Waals surface area contributed by atoms with Crippen molar-refractivity contribution in [2.45, 2.75) is 25.4 Å². The van der Waals surface area contributed by atoms with E-state index in [4.69, 9.17) is 28.9 Å². The van der Waals surface area contributed by atoms with Gasteiger partial charge in [-0.1, -0.05) is 29.3 Å². The second kappa shape index (κ2) is 7.27. The van der Waals surface area contributed by atoms with Crippen LogP contribution in [-0.4, -0.2) is 36.5 Å². The van der Waals surface area contributed by atoms with Crippen LogP contribution in [0.25, 0.3) is 0 Å². The van der Waals surface area contributed by atoms with Gasteiger partial charge in [-0.05, 0) is 30.5 Å². The van der Waals surface area contributed by atoms with Gasteiger partial charge in [0, 0.05) is 35.7 Å². The van der Waals surface area contributed by atoms with Gasteiger partial charge in [-0.15, -0.1) is 0 Å². The summed E-state index contributed by atoms with van der Waals surface area (Å²) in [7, 11) is 0. The lowest BCUT2D eigenvalue weighted by molar-refractivity contribution is -0.119. The van der Waals surface area contributed by atoms with E-state index in [-0.39, 0.29) is 5.91 Å². The van der Waals surface area contributed by atoms with Gasteiger partial charge in [0.15, 0.2) is 0 Å². The number of likely N-dealkylation sites (tertiary alicyclic amines) is 1. The molecule has 2 rings (SSSR count). The first-order valence-electron chi connectivity index (χ1n) is 6.72. The van der Waals surface area contributed by atoms with Crippen LogP contribution < -0.4 is 11.1 Å². The molecule has 0 unspecified atom stereocenters. The van der Waals surface area contributed by atoms with E-state index in [0.29, 0.717) is 22.6 Å². The maximum atomic E-state index is 10.9. The highest BCUT2D eigenvalue weighted by Crippen LogP contribution is 2.21. The largest absolute Gasteiger partial charge is 0.369 e. The van der Waals surface area contributed by atoms with Crippen molar-refractivity contribution < 1.29 is 4.79 Å². The molecule has 1 aromatic rings. The minimum Gasteiger partial charge on any atom is -0.369 e.